The summed E-state index contributed by atoms with van der Waals surface area (Å²) in [6.45, 7) is 5.35. The normalized spacial score (nSPS) is 18.9. The maximum Gasteiger partial charge on any atom is 0.225 e. The molecule has 3 nitrogen and oxygen atoms in total. The Morgan fingerprint density at radius 1 is 1.41 bits per heavy atom. The van der Waals surface area contributed by atoms with Gasteiger partial charge in [0.1, 0.15) is 0 Å². The number of hydrogen-bond acceptors (Lipinski definition) is 3. The Labute approximate surface area is 104 Å². The number of anilines is 1. The van der Waals surface area contributed by atoms with Gasteiger partial charge in [0.2, 0.25) is 5.95 Å². The van der Waals surface area contributed by atoms with Crippen LogP contribution in [0.25, 0.3) is 0 Å². The van der Waals surface area contributed by atoms with Crippen molar-refractivity contribution in [3.63, 3.8) is 0 Å². The van der Waals surface area contributed by atoms with Crippen LogP contribution in [0.2, 0.25) is 0 Å². The van der Waals surface area contributed by atoms with Gasteiger partial charge in [-0.25, -0.2) is 9.97 Å². The molecule has 1 aliphatic carbocycles. The molecule has 1 aliphatic rings. The number of nitrogens with zero attached hydrogens (tertiary/aromatic N) is 3. The Morgan fingerprint density at radius 2 is 2.24 bits per heavy atom. The number of rotatable bonds is 4. The molecule has 3 heteroatoms. The van der Waals surface area contributed by atoms with Crippen LogP contribution in [0.1, 0.15) is 44.4 Å². The van der Waals surface area contributed by atoms with Crippen LogP contribution in [0.3, 0.4) is 0 Å². The van der Waals surface area contributed by atoms with E-state index in [9.17, 15) is 0 Å². The van der Waals surface area contributed by atoms with E-state index >= 15 is 0 Å². The molecule has 0 aliphatic heterocycles. The Hall–Kier alpha value is -1.12. The van der Waals surface area contributed by atoms with Gasteiger partial charge in [0, 0.05) is 25.5 Å². The molecule has 0 N–H and O–H groups in total. The first-order valence-corrected chi connectivity index (χ1v) is 6.80. The van der Waals surface area contributed by atoms with E-state index in [1.807, 2.05) is 13.2 Å². The molecular formula is C14H23N3. The van der Waals surface area contributed by atoms with Crippen molar-refractivity contribution in [3.05, 3.63) is 17.5 Å². The highest BCUT2D eigenvalue weighted by atomic mass is 15.2. The summed E-state index contributed by atoms with van der Waals surface area (Å²) in [5, 5.41) is 0. The van der Waals surface area contributed by atoms with Gasteiger partial charge in [-0.2, -0.15) is 0 Å². The maximum atomic E-state index is 4.69. The van der Waals surface area contributed by atoms with Crippen LogP contribution in [0.4, 0.5) is 5.95 Å². The second-order valence-corrected chi connectivity index (χ2v) is 5.05. The number of hydrogen-bond donors (Lipinski definition) is 0. The standard InChI is InChI=1S/C14H23N3/c1-4-6-11-7-8-13-12(9-11)10-15-14(16-13)17(3)5-2/h10-11H,4-9H2,1-3H3. The van der Waals surface area contributed by atoms with Crippen LogP contribution in [0, 0.1) is 5.92 Å². The first-order chi connectivity index (χ1) is 8.24. The third-order valence-electron chi connectivity index (χ3n) is 3.75. The molecule has 17 heavy (non-hydrogen) atoms. The van der Waals surface area contributed by atoms with E-state index in [4.69, 9.17) is 4.98 Å². The third kappa shape index (κ3) is 2.76. The molecular weight excluding hydrogens is 210 g/mol. The number of aromatic nitrogens is 2. The van der Waals surface area contributed by atoms with Gasteiger partial charge in [0.05, 0.1) is 0 Å². The van der Waals surface area contributed by atoms with Gasteiger partial charge in [-0.15, -0.1) is 0 Å². The first-order valence-electron chi connectivity index (χ1n) is 6.80. The van der Waals surface area contributed by atoms with Crippen LogP contribution in [-0.4, -0.2) is 23.6 Å². The summed E-state index contributed by atoms with van der Waals surface area (Å²) in [6.07, 6.45) is 8.29. The van der Waals surface area contributed by atoms with E-state index < -0.39 is 0 Å². The topological polar surface area (TPSA) is 29.0 Å². The molecule has 0 fully saturated rings. The maximum absolute atomic E-state index is 4.69. The first kappa shape index (κ1) is 12.3. The summed E-state index contributed by atoms with van der Waals surface area (Å²) in [4.78, 5) is 11.3. The molecule has 1 unspecified atom stereocenters. The second-order valence-electron chi connectivity index (χ2n) is 5.05. The lowest BCUT2D eigenvalue weighted by Crippen LogP contribution is -2.22. The Kier molecular flexibility index (Phi) is 3.97. The minimum atomic E-state index is 0.853. The van der Waals surface area contributed by atoms with E-state index in [0.717, 1.165) is 24.8 Å². The van der Waals surface area contributed by atoms with E-state index in [2.05, 4.69) is 23.7 Å². The molecule has 0 saturated carbocycles. The SMILES string of the molecule is CCCC1CCc2nc(N(C)CC)ncc2C1. The van der Waals surface area contributed by atoms with Crippen molar-refractivity contribution in [1.82, 2.24) is 9.97 Å². The van der Waals surface area contributed by atoms with Crippen molar-refractivity contribution in [1.29, 1.82) is 0 Å². The summed E-state index contributed by atoms with van der Waals surface area (Å²) in [6, 6.07) is 0. The Balaban J connectivity index is 2.14. The fourth-order valence-corrected chi connectivity index (χ4v) is 2.55. The zero-order chi connectivity index (χ0) is 12.3. The second kappa shape index (κ2) is 5.48. The minimum Gasteiger partial charge on any atom is -0.344 e. The Bertz CT molecular complexity index is 376. The average Bonchev–Trinajstić information content (AvgIpc) is 2.37. The van der Waals surface area contributed by atoms with Gasteiger partial charge in [-0.1, -0.05) is 19.8 Å². The lowest BCUT2D eigenvalue weighted by molar-refractivity contribution is 0.417. The quantitative estimate of drug-likeness (QED) is 0.800. The van der Waals surface area contributed by atoms with Crippen molar-refractivity contribution in [3.8, 4) is 0 Å². The van der Waals surface area contributed by atoms with Crippen molar-refractivity contribution in [2.24, 2.45) is 5.92 Å². The zero-order valence-corrected chi connectivity index (χ0v) is 11.2. The van der Waals surface area contributed by atoms with Gasteiger partial charge in [-0.05, 0) is 37.7 Å². The molecule has 94 valence electrons. The molecule has 0 spiro atoms. The summed E-state index contributed by atoms with van der Waals surface area (Å²) in [5.74, 6) is 1.73. The highest BCUT2D eigenvalue weighted by molar-refractivity contribution is 5.33. The van der Waals surface area contributed by atoms with Gasteiger partial charge in [0.15, 0.2) is 0 Å². The van der Waals surface area contributed by atoms with E-state index in [1.54, 1.807) is 0 Å². The molecule has 0 bridgehead atoms. The monoisotopic (exact) mass is 233 g/mol. The van der Waals surface area contributed by atoms with Crippen LogP contribution < -0.4 is 4.90 Å². The number of aryl methyl sites for hydroxylation is 1. The van der Waals surface area contributed by atoms with Gasteiger partial charge in [-0.3, -0.25) is 0 Å². The lowest BCUT2D eigenvalue weighted by atomic mass is 9.85. The fraction of sp³-hybridized carbons (Fsp3) is 0.714. The smallest absolute Gasteiger partial charge is 0.225 e. The Morgan fingerprint density at radius 3 is 2.94 bits per heavy atom. The van der Waals surface area contributed by atoms with Crippen molar-refractivity contribution >= 4 is 5.95 Å². The molecule has 1 heterocycles. The predicted octanol–water partition coefficient (Wildman–Crippen LogP) is 2.84. The van der Waals surface area contributed by atoms with Crippen LogP contribution in [0.5, 0.6) is 0 Å². The van der Waals surface area contributed by atoms with Crippen LogP contribution >= 0.6 is 0 Å². The van der Waals surface area contributed by atoms with Gasteiger partial charge in [0.25, 0.3) is 0 Å². The van der Waals surface area contributed by atoms with E-state index in [0.29, 0.717) is 0 Å². The van der Waals surface area contributed by atoms with Crippen molar-refractivity contribution in [2.75, 3.05) is 18.5 Å². The molecule has 1 aromatic rings. The highest BCUT2D eigenvalue weighted by Crippen LogP contribution is 2.27. The molecule has 0 amide bonds. The van der Waals surface area contributed by atoms with Crippen LogP contribution in [-0.2, 0) is 12.8 Å². The molecule has 2 rings (SSSR count). The van der Waals surface area contributed by atoms with E-state index in [1.165, 1.54) is 36.9 Å². The van der Waals surface area contributed by atoms with E-state index in [-0.39, 0.29) is 0 Å². The predicted molar refractivity (Wildman–Crippen MR) is 71.4 cm³/mol. The van der Waals surface area contributed by atoms with Gasteiger partial charge < -0.3 is 4.90 Å². The fourth-order valence-electron chi connectivity index (χ4n) is 2.55. The largest absolute Gasteiger partial charge is 0.344 e. The molecule has 0 saturated heterocycles. The summed E-state index contributed by atoms with van der Waals surface area (Å²) < 4.78 is 0. The zero-order valence-electron chi connectivity index (χ0n) is 11.2. The summed E-state index contributed by atoms with van der Waals surface area (Å²) in [7, 11) is 2.05. The van der Waals surface area contributed by atoms with Gasteiger partial charge >= 0.3 is 0 Å². The average molecular weight is 233 g/mol. The van der Waals surface area contributed by atoms with Crippen LogP contribution in [0.15, 0.2) is 6.20 Å². The molecule has 1 atom stereocenters. The molecule has 1 aromatic heterocycles. The molecule has 0 aromatic carbocycles. The molecule has 0 radical (unpaired) electrons. The third-order valence-corrected chi connectivity index (χ3v) is 3.75. The van der Waals surface area contributed by atoms with Crippen molar-refractivity contribution < 1.29 is 0 Å². The lowest BCUT2D eigenvalue weighted by Gasteiger charge is -2.24. The summed E-state index contributed by atoms with van der Waals surface area (Å²) in [5.41, 5.74) is 2.66. The summed E-state index contributed by atoms with van der Waals surface area (Å²) >= 11 is 0. The van der Waals surface area contributed by atoms with Crippen molar-refractivity contribution in [2.45, 2.75) is 46.0 Å². The number of fused-ring (bicyclic) bond motifs is 1. The minimum absolute atomic E-state index is 0.853. The highest BCUT2D eigenvalue weighted by Gasteiger charge is 2.20.